The average molecular weight is 434 g/mol. The summed E-state index contributed by atoms with van der Waals surface area (Å²) in [6, 6.07) is 28.5. The average Bonchev–Trinajstić information content (AvgIpc) is 3.15. The van der Waals surface area contributed by atoms with E-state index in [9.17, 15) is 0 Å². The van der Waals surface area contributed by atoms with Crippen molar-refractivity contribution in [2.45, 2.75) is 0 Å². The first-order valence-corrected chi connectivity index (χ1v) is 10.1. The number of nitrogens with one attached hydrogen (secondary N) is 1. The highest BCUT2D eigenvalue weighted by Gasteiger charge is 2.14. The Hall–Kier alpha value is -2.76. The molecule has 3 aromatic carbocycles. The number of rotatable bonds is 5. The minimum atomic E-state index is 0.765. The van der Waals surface area contributed by atoms with E-state index in [0.717, 1.165) is 36.9 Å². The van der Waals surface area contributed by atoms with E-state index in [1.54, 1.807) is 17.6 Å². The summed E-state index contributed by atoms with van der Waals surface area (Å²) in [7, 11) is 0. The van der Waals surface area contributed by atoms with E-state index in [4.69, 9.17) is 4.98 Å². The second-order valence-corrected chi connectivity index (χ2v) is 7.77. The van der Waals surface area contributed by atoms with Gasteiger partial charge in [0.15, 0.2) is 0 Å². The summed E-state index contributed by atoms with van der Waals surface area (Å²) in [6.45, 7) is 0. The Morgan fingerprint density at radius 1 is 0.815 bits per heavy atom. The third-order valence-electron chi connectivity index (χ3n) is 3.95. The highest BCUT2D eigenvalue weighted by Crippen LogP contribution is 2.38. The number of benzene rings is 3. The standard InChI is InChI=1S/C22H16BrN3S/c23-19-13-11-16(12-14-19)15-24-26-22-25-20(17-7-3-1-4-8-17)21(27-22)18-9-5-2-6-10-18/h1-15H,(H,25,26)/b24-15-. The van der Waals surface area contributed by atoms with Gasteiger partial charge in [0.2, 0.25) is 5.13 Å². The van der Waals surface area contributed by atoms with Crippen molar-refractivity contribution in [2.24, 2.45) is 5.10 Å². The summed E-state index contributed by atoms with van der Waals surface area (Å²) in [5.74, 6) is 0. The molecule has 0 aliphatic rings. The molecule has 0 radical (unpaired) electrons. The van der Waals surface area contributed by atoms with Gasteiger partial charge in [0.05, 0.1) is 16.8 Å². The maximum absolute atomic E-state index is 4.79. The molecule has 5 heteroatoms. The van der Waals surface area contributed by atoms with E-state index in [0.29, 0.717) is 0 Å². The molecule has 4 rings (SSSR count). The SMILES string of the molecule is Brc1ccc(/C=N\Nc2nc(-c3ccccc3)c(-c3ccccc3)s2)cc1. The van der Waals surface area contributed by atoms with E-state index in [1.165, 1.54) is 0 Å². The predicted molar refractivity (Wildman–Crippen MR) is 118 cm³/mol. The lowest BCUT2D eigenvalue weighted by Gasteiger charge is -2.02. The number of hydrogen-bond donors (Lipinski definition) is 1. The largest absolute Gasteiger partial charge is 0.253 e. The zero-order chi connectivity index (χ0) is 18.5. The fourth-order valence-electron chi connectivity index (χ4n) is 2.66. The van der Waals surface area contributed by atoms with Crippen LogP contribution in [0.25, 0.3) is 21.7 Å². The number of anilines is 1. The Morgan fingerprint density at radius 3 is 2.11 bits per heavy atom. The third-order valence-corrected chi connectivity index (χ3v) is 5.49. The van der Waals surface area contributed by atoms with Crippen molar-refractivity contribution in [2.75, 3.05) is 5.43 Å². The third kappa shape index (κ3) is 4.32. The molecule has 0 saturated carbocycles. The van der Waals surface area contributed by atoms with Crippen molar-refractivity contribution >= 4 is 38.6 Å². The Bertz CT molecular complexity index is 985. The maximum atomic E-state index is 4.79. The maximum Gasteiger partial charge on any atom is 0.204 e. The highest BCUT2D eigenvalue weighted by atomic mass is 79.9. The zero-order valence-electron chi connectivity index (χ0n) is 14.3. The molecular formula is C22H16BrN3S. The normalized spacial score (nSPS) is 11.0. The number of halogens is 1. The van der Waals surface area contributed by atoms with Crippen molar-refractivity contribution in [1.82, 2.24) is 4.98 Å². The van der Waals surface area contributed by atoms with E-state index in [-0.39, 0.29) is 0 Å². The summed E-state index contributed by atoms with van der Waals surface area (Å²) >= 11 is 5.04. The van der Waals surface area contributed by atoms with E-state index >= 15 is 0 Å². The van der Waals surface area contributed by atoms with Crippen LogP contribution < -0.4 is 5.43 Å². The van der Waals surface area contributed by atoms with Gasteiger partial charge in [0.1, 0.15) is 0 Å². The molecule has 27 heavy (non-hydrogen) atoms. The van der Waals surface area contributed by atoms with Crippen LogP contribution >= 0.6 is 27.3 Å². The molecule has 1 heterocycles. The second-order valence-electron chi connectivity index (χ2n) is 5.85. The summed E-state index contributed by atoms with van der Waals surface area (Å²) < 4.78 is 1.05. The van der Waals surface area contributed by atoms with Crippen molar-refractivity contribution in [3.63, 3.8) is 0 Å². The van der Waals surface area contributed by atoms with Gasteiger partial charge in [-0.3, -0.25) is 5.43 Å². The Kier molecular flexibility index (Phi) is 5.42. The minimum Gasteiger partial charge on any atom is -0.253 e. The summed E-state index contributed by atoms with van der Waals surface area (Å²) in [5.41, 5.74) is 7.31. The molecule has 0 bridgehead atoms. The summed E-state index contributed by atoms with van der Waals surface area (Å²) in [5, 5.41) is 5.11. The van der Waals surface area contributed by atoms with Crippen molar-refractivity contribution in [1.29, 1.82) is 0 Å². The van der Waals surface area contributed by atoms with Gasteiger partial charge in [-0.2, -0.15) is 5.10 Å². The fraction of sp³-hybridized carbons (Fsp3) is 0. The number of aromatic nitrogens is 1. The first kappa shape index (κ1) is 17.6. The zero-order valence-corrected chi connectivity index (χ0v) is 16.7. The number of thiazole rings is 1. The molecule has 0 spiro atoms. The van der Waals surface area contributed by atoms with Crippen LogP contribution in [-0.4, -0.2) is 11.2 Å². The highest BCUT2D eigenvalue weighted by molar-refractivity contribution is 9.10. The topological polar surface area (TPSA) is 37.3 Å². The second kappa shape index (κ2) is 8.29. The minimum absolute atomic E-state index is 0.765. The van der Waals surface area contributed by atoms with Gasteiger partial charge in [0, 0.05) is 10.0 Å². The van der Waals surface area contributed by atoms with Crippen molar-refractivity contribution in [3.05, 3.63) is 95.0 Å². The fourth-order valence-corrected chi connectivity index (χ4v) is 3.86. The number of hydrogen-bond acceptors (Lipinski definition) is 4. The molecule has 0 atom stereocenters. The van der Waals surface area contributed by atoms with E-state index < -0.39 is 0 Å². The number of nitrogens with zero attached hydrogens (tertiary/aromatic N) is 2. The molecule has 0 amide bonds. The van der Waals surface area contributed by atoms with Gasteiger partial charge in [-0.1, -0.05) is 100 Å². The van der Waals surface area contributed by atoms with Crippen LogP contribution in [-0.2, 0) is 0 Å². The van der Waals surface area contributed by atoms with Crippen molar-refractivity contribution < 1.29 is 0 Å². The lowest BCUT2D eigenvalue weighted by Crippen LogP contribution is -1.90. The smallest absolute Gasteiger partial charge is 0.204 e. The first-order valence-electron chi connectivity index (χ1n) is 8.46. The monoisotopic (exact) mass is 433 g/mol. The lowest BCUT2D eigenvalue weighted by molar-refractivity contribution is 1.29. The molecular weight excluding hydrogens is 418 g/mol. The quantitative estimate of drug-likeness (QED) is 0.281. The molecule has 1 aromatic heterocycles. The molecule has 132 valence electrons. The van der Waals surface area contributed by atoms with Gasteiger partial charge in [0.25, 0.3) is 0 Å². The first-order chi connectivity index (χ1) is 13.3. The lowest BCUT2D eigenvalue weighted by atomic mass is 10.1. The van der Waals surface area contributed by atoms with Crippen LogP contribution in [0.4, 0.5) is 5.13 Å². The molecule has 0 aliphatic heterocycles. The van der Waals surface area contributed by atoms with Crippen LogP contribution in [0, 0.1) is 0 Å². The molecule has 0 aliphatic carbocycles. The van der Waals surface area contributed by atoms with Crippen LogP contribution in [0.2, 0.25) is 0 Å². The van der Waals surface area contributed by atoms with Crippen LogP contribution in [0.5, 0.6) is 0 Å². The molecule has 3 nitrogen and oxygen atoms in total. The number of hydrazone groups is 1. The van der Waals surface area contributed by atoms with Crippen LogP contribution in [0.1, 0.15) is 5.56 Å². The van der Waals surface area contributed by atoms with Gasteiger partial charge in [-0.25, -0.2) is 4.98 Å². The molecule has 1 N–H and O–H groups in total. The predicted octanol–water partition coefficient (Wildman–Crippen LogP) is 6.69. The van der Waals surface area contributed by atoms with Crippen LogP contribution in [0.15, 0.2) is 94.5 Å². The van der Waals surface area contributed by atoms with Gasteiger partial charge in [-0.15, -0.1) is 0 Å². The molecule has 0 saturated heterocycles. The van der Waals surface area contributed by atoms with E-state index in [1.807, 2.05) is 60.7 Å². The Labute approximate surface area is 170 Å². The van der Waals surface area contributed by atoms with Crippen molar-refractivity contribution in [3.8, 4) is 21.7 Å². The molecule has 4 aromatic rings. The van der Waals surface area contributed by atoms with E-state index in [2.05, 4.69) is 50.7 Å². The molecule has 0 fully saturated rings. The van der Waals surface area contributed by atoms with Gasteiger partial charge < -0.3 is 0 Å². The summed E-state index contributed by atoms with van der Waals surface area (Å²) in [6.07, 6.45) is 1.79. The summed E-state index contributed by atoms with van der Waals surface area (Å²) in [4.78, 5) is 5.92. The van der Waals surface area contributed by atoms with Crippen LogP contribution in [0.3, 0.4) is 0 Å². The molecule has 0 unspecified atom stereocenters. The Balaban J connectivity index is 1.64. The van der Waals surface area contributed by atoms with Gasteiger partial charge >= 0.3 is 0 Å². The Morgan fingerprint density at radius 2 is 1.44 bits per heavy atom. The van der Waals surface area contributed by atoms with Gasteiger partial charge in [-0.05, 0) is 23.3 Å².